The minimum absolute atomic E-state index is 0.000262. The van der Waals surface area contributed by atoms with Crippen molar-refractivity contribution in [1.29, 1.82) is 0 Å². The number of rotatable bonds is 4. The molecule has 0 bridgehead atoms. The third-order valence-electron chi connectivity index (χ3n) is 0.846. The number of hydrogen-bond acceptors (Lipinski definition) is 2. The third-order valence-corrected chi connectivity index (χ3v) is 3.10. The lowest BCUT2D eigenvalue weighted by molar-refractivity contribution is 0.195. The topological polar surface area (TPSA) is 43.1 Å². The van der Waals surface area contributed by atoms with E-state index in [1.54, 1.807) is 0 Å². The van der Waals surface area contributed by atoms with E-state index in [0.717, 1.165) is 0 Å². The quantitative estimate of drug-likeness (QED) is 0.729. The first kappa shape index (κ1) is 11.6. The van der Waals surface area contributed by atoms with Crippen LogP contribution in [-0.2, 0) is 10.8 Å². The van der Waals surface area contributed by atoms with Gasteiger partial charge in [0, 0.05) is 12.3 Å². The van der Waals surface area contributed by atoms with E-state index in [1.165, 1.54) is 0 Å². The molecule has 0 saturated carbocycles. The van der Waals surface area contributed by atoms with Crippen LogP contribution in [0.2, 0.25) is 0 Å². The van der Waals surface area contributed by atoms with Crippen LogP contribution in [0, 0.1) is 0 Å². The van der Waals surface area contributed by atoms with Crippen LogP contribution in [0.25, 0.3) is 0 Å². The van der Waals surface area contributed by atoms with Crippen LogP contribution in [0.15, 0.2) is 0 Å². The Balaban J connectivity index is 3.88. The highest BCUT2D eigenvalue weighted by molar-refractivity contribution is 7.87. The van der Waals surface area contributed by atoms with Crippen LogP contribution in [-0.4, -0.2) is 26.6 Å². The summed E-state index contributed by atoms with van der Waals surface area (Å²) in [6, 6.07) is 0. The monoisotopic (exact) mass is 225 g/mol. The Kier molecular flexibility index (Phi) is 4.77. The van der Waals surface area contributed by atoms with Gasteiger partial charge in [-0.05, 0) is 11.6 Å². The van der Waals surface area contributed by atoms with Gasteiger partial charge in [-0.15, -0.1) is 11.6 Å². The van der Waals surface area contributed by atoms with E-state index in [2.05, 4.69) is 11.6 Å². The van der Waals surface area contributed by atoms with Gasteiger partial charge in [-0.3, -0.25) is 4.21 Å². The number of halogens is 4. The second-order valence-electron chi connectivity index (χ2n) is 1.79. The van der Waals surface area contributed by atoms with Crippen LogP contribution < -0.4 is 5.73 Å². The van der Waals surface area contributed by atoms with Gasteiger partial charge in [-0.2, -0.15) is 8.78 Å². The van der Waals surface area contributed by atoms with Crippen molar-refractivity contribution >= 4 is 34.0 Å². The summed E-state index contributed by atoms with van der Waals surface area (Å²) in [5.74, 6) is -0.394. The molecule has 0 radical (unpaired) electrons. The number of alkyl halides is 4. The fourth-order valence-electron chi connectivity index (χ4n) is 0.327. The van der Waals surface area contributed by atoms with Crippen molar-refractivity contribution < 1.29 is 13.0 Å². The molecular formula is C4H7Cl2F2NOS. The van der Waals surface area contributed by atoms with Gasteiger partial charge in [-0.1, -0.05) is 0 Å². The maximum Gasteiger partial charge on any atom is 0.398 e. The fourth-order valence-corrected chi connectivity index (χ4v) is 1.51. The molecule has 0 fully saturated rings. The predicted octanol–water partition coefficient (Wildman–Crippen LogP) is 1.09. The van der Waals surface area contributed by atoms with Crippen molar-refractivity contribution in [1.82, 2.24) is 0 Å². The van der Waals surface area contributed by atoms with Gasteiger partial charge in [0.15, 0.2) is 0 Å². The SMILES string of the molecule is NCC(Cl)CS(=O)C(F)(F)Cl. The first-order valence-electron chi connectivity index (χ1n) is 2.67. The normalized spacial score (nSPS) is 17.9. The summed E-state index contributed by atoms with van der Waals surface area (Å²) in [7, 11) is -2.45. The highest BCUT2D eigenvalue weighted by atomic mass is 35.5. The van der Waals surface area contributed by atoms with Crippen molar-refractivity contribution in [3.8, 4) is 0 Å². The average molecular weight is 226 g/mol. The van der Waals surface area contributed by atoms with E-state index >= 15 is 0 Å². The lowest BCUT2D eigenvalue weighted by Crippen LogP contribution is -2.27. The van der Waals surface area contributed by atoms with Crippen molar-refractivity contribution in [2.24, 2.45) is 5.73 Å². The molecule has 2 atom stereocenters. The first-order valence-corrected chi connectivity index (χ1v) is 4.80. The third kappa shape index (κ3) is 4.90. The molecule has 2 nitrogen and oxygen atoms in total. The zero-order valence-corrected chi connectivity index (χ0v) is 7.73. The maximum atomic E-state index is 12.0. The van der Waals surface area contributed by atoms with Crippen LogP contribution in [0.4, 0.5) is 8.78 Å². The van der Waals surface area contributed by atoms with Gasteiger partial charge in [0.25, 0.3) is 0 Å². The van der Waals surface area contributed by atoms with Gasteiger partial charge in [0.05, 0.1) is 5.38 Å². The zero-order chi connectivity index (χ0) is 9.07. The highest BCUT2D eigenvalue weighted by Crippen LogP contribution is 2.24. The Labute approximate surface area is 75.5 Å². The lowest BCUT2D eigenvalue weighted by Gasteiger charge is -2.09. The molecule has 0 heterocycles. The van der Waals surface area contributed by atoms with Crippen molar-refractivity contribution in [2.45, 2.75) is 10.1 Å². The molecule has 0 spiro atoms. The van der Waals surface area contributed by atoms with Crippen molar-refractivity contribution in [2.75, 3.05) is 12.3 Å². The molecule has 11 heavy (non-hydrogen) atoms. The van der Waals surface area contributed by atoms with E-state index < -0.39 is 26.6 Å². The van der Waals surface area contributed by atoms with E-state index in [9.17, 15) is 13.0 Å². The van der Waals surface area contributed by atoms with E-state index in [1.807, 2.05) is 0 Å². The minimum atomic E-state index is -3.71. The predicted molar refractivity (Wildman–Crippen MR) is 42.5 cm³/mol. The van der Waals surface area contributed by atoms with Gasteiger partial charge in [0.1, 0.15) is 10.8 Å². The Hall–Kier alpha value is 0.550. The zero-order valence-electron chi connectivity index (χ0n) is 5.40. The molecule has 2 N–H and O–H groups in total. The summed E-state index contributed by atoms with van der Waals surface area (Å²) < 4.78 is 30.8. The van der Waals surface area contributed by atoms with Crippen LogP contribution in [0.5, 0.6) is 0 Å². The molecule has 2 unspecified atom stereocenters. The molecule has 0 saturated heterocycles. The van der Waals surface area contributed by atoms with Crippen LogP contribution >= 0.6 is 23.2 Å². The van der Waals surface area contributed by atoms with Gasteiger partial charge in [-0.25, -0.2) is 0 Å². The molecule has 68 valence electrons. The van der Waals surface area contributed by atoms with Gasteiger partial charge < -0.3 is 5.73 Å². The molecule has 0 aromatic carbocycles. The molecule has 0 aromatic rings. The molecule has 0 aliphatic heterocycles. The molecule has 0 rings (SSSR count). The highest BCUT2D eigenvalue weighted by Gasteiger charge is 2.34. The summed E-state index contributed by atoms with van der Waals surface area (Å²) in [6.45, 7) is 0.000262. The second kappa shape index (κ2) is 4.54. The molecule has 0 aliphatic carbocycles. The van der Waals surface area contributed by atoms with Crippen LogP contribution in [0.3, 0.4) is 0 Å². The second-order valence-corrected chi connectivity index (χ2v) is 4.64. The average Bonchev–Trinajstić information content (AvgIpc) is 1.85. The largest absolute Gasteiger partial charge is 0.398 e. The molecule has 7 heteroatoms. The standard InChI is InChI=1S/C4H7Cl2F2NOS/c5-3(1-9)2-11(10)4(6,7)8/h3H,1-2,9H2. The smallest absolute Gasteiger partial charge is 0.329 e. The van der Waals surface area contributed by atoms with Crippen molar-refractivity contribution in [3.63, 3.8) is 0 Å². The van der Waals surface area contributed by atoms with Gasteiger partial charge in [0.2, 0.25) is 0 Å². The summed E-state index contributed by atoms with van der Waals surface area (Å²) in [5.41, 5.74) is 5.01. The Morgan fingerprint density at radius 2 is 2.09 bits per heavy atom. The summed E-state index contributed by atoms with van der Waals surface area (Å²) >= 11 is 9.81. The fraction of sp³-hybridized carbons (Fsp3) is 1.00. The van der Waals surface area contributed by atoms with Crippen LogP contribution in [0.1, 0.15) is 0 Å². The van der Waals surface area contributed by atoms with E-state index in [0.29, 0.717) is 0 Å². The Bertz CT molecular complexity index is 152. The first-order chi connectivity index (χ1) is 4.88. The number of nitrogens with two attached hydrogens (primary N) is 1. The molecule has 0 aromatic heterocycles. The maximum absolute atomic E-state index is 12.0. The summed E-state index contributed by atoms with van der Waals surface area (Å²) in [4.78, 5) is 0. The van der Waals surface area contributed by atoms with E-state index in [4.69, 9.17) is 17.3 Å². The molecule has 0 amide bonds. The van der Waals surface area contributed by atoms with E-state index in [-0.39, 0.29) is 6.54 Å². The Morgan fingerprint density at radius 1 is 1.64 bits per heavy atom. The Morgan fingerprint density at radius 3 is 2.36 bits per heavy atom. The van der Waals surface area contributed by atoms with Crippen molar-refractivity contribution in [3.05, 3.63) is 0 Å². The summed E-state index contributed by atoms with van der Waals surface area (Å²) in [6.07, 6.45) is 0. The molecule has 0 aliphatic rings. The summed E-state index contributed by atoms with van der Waals surface area (Å²) in [5, 5.41) is -0.722. The lowest BCUT2D eigenvalue weighted by atomic mass is 10.5. The minimum Gasteiger partial charge on any atom is -0.329 e. The van der Waals surface area contributed by atoms with Gasteiger partial charge >= 0.3 is 4.71 Å². The molecular weight excluding hydrogens is 219 g/mol. The number of hydrogen-bond donors (Lipinski definition) is 1.